The lowest BCUT2D eigenvalue weighted by Gasteiger charge is -2.35. The van der Waals surface area contributed by atoms with Gasteiger partial charge in [-0.3, -0.25) is 19.2 Å². The molecular formula is C22H26ClN3O6. The molecule has 3 aliphatic rings. The van der Waals surface area contributed by atoms with Crippen LogP contribution in [0.5, 0.6) is 0 Å². The highest BCUT2D eigenvalue weighted by atomic mass is 35.5. The van der Waals surface area contributed by atoms with Gasteiger partial charge in [-0.25, -0.2) is 0 Å². The number of halogens is 1. The molecule has 4 rings (SSSR count). The summed E-state index contributed by atoms with van der Waals surface area (Å²) in [7, 11) is 0. The number of ether oxygens (including phenoxy) is 1. The number of aliphatic hydroxyl groups is 1. The molecular weight excluding hydrogens is 438 g/mol. The van der Waals surface area contributed by atoms with E-state index < -0.39 is 36.3 Å². The molecule has 0 bridgehead atoms. The topological polar surface area (TPSA) is 125 Å². The molecule has 1 aromatic rings. The average molecular weight is 464 g/mol. The summed E-state index contributed by atoms with van der Waals surface area (Å²) in [5.41, 5.74) is 0.399. The minimum atomic E-state index is -1.39. The Kier molecular flexibility index (Phi) is 6.66. The Hall–Kier alpha value is -2.65. The molecule has 3 amide bonds. The molecule has 3 N–H and O–H groups in total. The molecule has 2 unspecified atom stereocenters. The minimum Gasteiger partial charge on any atom is -0.434 e. The van der Waals surface area contributed by atoms with E-state index in [4.69, 9.17) is 11.6 Å². The molecule has 10 heteroatoms. The number of rotatable bonds is 4. The van der Waals surface area contributed by atoms with Gasteiger partial charge in [0, 0.05) is 16.6 Å². The first-order valence-electron chi connectivity index (χ1n) is 10.9. The van der Waals surface area contributed by atoms with Crippen LogP contribution in [0, 0.1) is 0 Å². The van der Waals surface area contributed by atoms with E-state index in [2.05, 4.69) is 15.4 Å². The molecule has 1 aromatic carbocycles. The van der Waals surface area contributed by atoms with E-state index in [1.807, 2.05) is 0 Å². The van der Waals surface area contributed by atoms with E-state index in [-0.39, 0.29) is 24.3 Å². The predicted molar refractivity (Wildman–Crippen MR) is 113 cm³/mol. The van der Waals surface area contributed by atoms with Gasteiger partial charge in [0.05, 0.1) is 6.42 Å². The van der Waals surface area contributed by atoms with Gasteiger partial charge in [0.15, 0.2) is 0 Å². The summed E-state index contributed by atoms with van der Waals surface area (Å²) in [4.78, 5) is 52.1. The lowest BCUT2D eigenvalue weighted by Crippen LogP contribution is -2.57. The number of carbonyl (C=O) groups is 4. The number of amides is 3. The number of hydrogen-bond donors (Lipinski definition) is 3. The van der Waals surface area contributed by atoms with E-state index in [1.54, 1.807) is 29.2 Å². The van der Waals surface area contributed by atoms with Crippen LogP contribution in [-0.2, 0) is 19.1 Å². The van der Waals surface area contributed by atoms with Crippen molar-refractivity contribution in [1.82, 2.24) is 15.5 Å². The average Bonchev–Trinajstić information content (AvgIpc) is 3.31. The van der Waals surface area contributed by atoms with Crippen molar-refractivity contribution in [2.24, 2.45) is 0 Å². The number of aliphatic hydroxyl groups excluding tert-OH is 1. The van der Waals surface area contributed by atoms with Gasteiger partial charge in [-0.1, -0.05) is 24.4 Å². The van der Waals surface area contributed by atoms with E-state index in [9.17, 15) is 24.3 Å². The second-order valence-electron chi connectivity index (χ2n) is 8.51. The largest absolute Gasteiger partial charge is 0.434 e. The number of cyclic esters (lactones) is 1. The van der Waals surface area contributed by atoms with Crippen molar-refractivity contribution < 1.29 is 29.0 Å². The van der Waals surface area contributed by atoms with Crippen LogP contribution in [0.15, 0.2) is 24.3 Å². The van der Waals surface area contributed by atoms with Gasteiger partial charge in [-0.2, -0.15) is 0 Å². The number of fused-ring (bicyclic) bond motifs is 1. The fourth-order valence-electron chi connectivity index (χ4n) is 4.71. The molecule has 9 nitrogen and oxygen atoms in total. The highest BCUT2D eigenvalue weighted by molar-refractivity contribution is 6.30. The number of hydrogen-bond acceptors (Lipinski definition) is 6. The Balaban J connectivity index is 1.47. The van der Waals surface area contributed by atoms with Gasteiger partial charge >= 0.3 is 5.97 Å². The molecule has 3 heterocycles. The van der Waals surface area contributed by atoms with Crippen LogP contribution in [0.2, 0.25) is 5.02 Å². The molecule has 3 fully saturated rings. The number of benzene rings is 1. The van der Waals surface area contributed by atoms with Gasteiger partial charge in [0.2, 0.25) is 18.1 Å². The van der Waals surface area contributed by atoms with E-state index in [0.717, 1.165) is 19.3 Å². The zero-order valence-electron chi connectivity index (χ0n) is 17.5. The third kappa shape index (κ3) is 4.73. The maximum absolute atomic E-state index is 13.5. The molecule has 3 aliphatic heterocycles. The zero-order chi connectivity index (χ0) is 22.8. The highest BCUT2D eigenvalue weighted by Crippen LogP contribution is 2.32. The fraction of sp³-hybridized carbons (Fsp3) is 0.545. The van der Waals surface area contributed by atoms with E-state index in [1.165, 1.54) is 0 Å². The Morgan fingerprint density at radius 3 is 2.44 bits per heavy atom. The van der Waals surface area contributed by atoms with Crippen LogP contribution in [0.4, 0.5) is 0 Å². The van der Waals surface area contributed by atoms with Crippen LogP contribution in [0.25, 0.3) is 0 Å². The predicted octanol–water partition coefficient (Wildman–Crippen LogP) is 1.12. The first-order valence-corrected chi connectivity index (χ1v) is 11.3. The number of esters is 1. The van der Waals surface area contributed by atoms with Gasteiger partial charge in [0.25, 0.3) is 5.91 Å². The second-order valence-corrected chi connectivity index (χ2v) is 8.95. The fourth-order valence-corrected chi connectivity index (χ4v) is 4.84. The van der Waals surface area contributed by atoms with Crippen molar-refractivity contribution in [3.8, 4) is 0 Å². The molecule has 172 valence electrons. The summed E-state index contributed by atoms with van der Waals surface area (Å²) in [5.74, 6) is -1.66. The summed E-state index contributed by atoms with van der Waals surface area (Å²) in [6, 6.07) is 4.03. The first-order chi connectivity index (χ1) is 15.3. The number of nitrogens with zero attached hydrogens (tertiary/aromatic N) is 1. The van der Waals surface area contributed by atoms with Crippen molar-refractivity contribution in [3.63, 3.8) is 0 Å². The molecule has 0 saturated carbocycles. The van der Waals surface area contributed by atoms with Crippen LogP contribution in [0.1, 0.15) is 55.3 Å². The molecule has 5 atom stereocenters. The Labute approximate surface area is 190 Å². The summed E-state index contributed by atoms with van der Waals surface area (Å²) >= 11 is 5.88. The van der Waals surface area contributed by atoms with Crippen LogP contribution < -0.4 is 10.6 Å². The maximum atomic E-state index is 13.5. The molecule has 3 saturated heterocycles. The standard InChI is InChI=1S/C22H26ClN3O6/c23-13-7-5-12(6-8-13)19(28)24-15-4-2-1-3-14-9-10-17(26(14)21(15)30)20(29)25-16-11-18(27)32-22(16)31/h5-8,14-17,22,31H,1-4,9-11H2,(H,24,28)(H,25,29)/t14-,15-,16?,17-,22?/m0/s1. The molecule has 0 spiro atoms. The molecule has 0 aromatic heterocycles. The Morgan fingerprint density at radius 2 is 1.75 bits per heavy atom. The van der Waals surface area contributed by atoms with Gasteiger partial charge in [-0.15, -0.1) is 0 Å². The second kappa shape index (κ2) is 9.46. The van der Waals surface area contributed by atoms with Gasteiger partial charge in [-0.05, 0) is 49.9 Å². The van der Waals surface area contributed by atoms with Crippen molar-refractivity contribution in [2.45, 2.75) is 75.4 Å². The summed E-state index contributed by atoms with van der Waals surface area (Å²) in [6.45, 7) is 0. The smallest absolute Gasteiger partial charge is 0.310 e. The van der Waals surface area contributed by atoms with Crippen molar-refractivity contribution in [2.75, 3.05) is 0 Å². The monoisotopic (exact) mass is 463 g/mol. The molecule has 0 aliphatic carbocycles. The minimum absolute atomic E-state index is 0.0835. The van der Waals surface area contributed by atoms with Gasteiger partial charge in [0.1, 0.15) is 18.1 Å². The quantitative estimate of drug-likeness (QED) is 0.575. The lowest BCUT2D eigenvalue weighted by atomic mass is 9.98. The summed E-state index contributed by atoms with van der Waals surface area (Å²) in [6.07, 6.45) is 2.63. The SMILES string of the molecule is O=C1CC(NC(=O)[C@@H]2CC[C@@H]3CCCC[C@H](NC(=O)c4ccc(Cl)cc4)C(=O)N32)C(O)O1. The highest BCUT2D eigenvalue weighted by Gasteiger charge is 2.45. The first kappa shape index (κ1) is 22.5. The third-order valence-corrected chi connectivity index (χ3v) is 6.61. The van der Waals surface area contributed by atoms with Crippen molar-refractivity contribution in [3.05, 3.63) is 34.9 Å². The normalized spacial score (nSPS) is 30.2. The van der Waals surface area contributed by atoms with Gasteiger partial charge < -0.3 is 25.4 Å². The zero-order valence-corrected chi connectivity index (χ0v) is 18.2. The van der Waals surface area contributed by atoms with Crippen LogP contribution in [-0.4, -0.2) is 64.2 Å². The summed E-state index contributed by atoms with van der Waals surface area (Å²) < 4.78 is 4.68. The number of nitrogens with one attached hydrogen (secondary N) is 2. The van der Waals surface area contributed by atoms with Crippen molar-refractivity contribution in [1.29, 1.82) is 0 Å². The summed E-state index contributed by atoms with van der Waals surface area (Å²) in [5, 5.41) is 15.8. The lowest BCUT2D eigenvalue weighted by molar-refractivity contribution is -0.155. The number of carbonyl (C=O) groups excluding carboxylic acids is 4. The van der Waals surface area contributed by atoms with E-state index in [0.29, 0.717) is 29.8 Å². The van der Waals surface area contributed by atoms with E-state index >= 15 is 0 Å². The Morgan fingerprint density at radius 1 is 1.03 bits per heavy atom. The molecule has 0 radical (unpaired) electrons. The molecule has 32 heavy (non-hydrogen) atoms. The Bertz CT molecular complexity index is 907. The van der Waals surface area contributed by atoms with Crippen molar-refractivity contribution >= 4 is 35.3 Å². The van der Waals surface area contributed by atoms with Crippen LogP contribution in [0.3, 0.4) is 0 Å². The maximum Gasteiger partial charge on any atom is 0.310 e. The van der Waals surface area contributed by atoms with Crippen LogP contribution >= 0.6 is 11.6 Å². The third-order valence-electron chi connectivity index (χ3n) is 6.36.